The second kappa shape index (κ2) is 9.94. The van der Waals surface area contributed by atoms with Crippen LogP contribution in [0.25, 0.3) is 16.9 Å². The molecule has 0 unspecified atom stereocenters. The van der Waals surface area contributed by atoms with Gasteiger partial charge >= 0.3 is 0 Å². The SMILES string of the molecule is CC(=O)Nc1ccccc1[C@H](C)NC(=O)c1cc(-c2ccc(Cl)cc2)nn(-c2cnn(C)c2)c1=O. The maximum atomic E-state index is 13.3. The van der Waals surface area contributed by atoms with Crippen molar-refractivity contribution in [2.45, 2.75) is 19.9 Å². The van der Waals surface area contributed by atoms with Crippen molar-refractivity contribution in [1.82, 2.24) is 24.9 Å². The second-order valence-corrected chi connectivity index (χ2v) is 8.44. The first kappa shape index (κ1) is 23.9. The van der Waals surface area contributed by atoms with Gasteiger partial charge in [0.2, 0.25) is 5.91 Å². The van der Waals surface area contributed by atoms with Crippen LogP contribution in [0.5, 0.6) is 0 Å². The molecule has 10 heteroatoms. The van der Waals surface area contributed by atoms with Crippen LogP contribution in [0.1, 0.15) is 35.8 Å². The summed E-state index contributed by atoms with van der Waals surface area (Å²) in [7, 11) is 1.72. The number of carbonyl (C=O) groups is 2. The number of benzene rings is 2. The summed E-state index contributed by atoms with van der Waals surface area (Å²) in [6, 6.07) is 15.0. The van der Waals surface area contributed by atoms with Crippen molar-refractivity contribution >= 4 is 29.1 Å². The van der Waals surface area contributed by atoms with Gasteiger partial charge in [-0.25, -0.2) is 0 Å². The summed E-state index contributed by atoms with van der Waals surface area (Å²) >= 11 is 6.02. The molecule has 0 spiro atoms. The Hall–Kier alpha value is -4.24. The zero-order valence-electron chi connectivity index (χ0n) is 19.3. The highest BCUT2D eigenvalue weighted by Gasteiger charge is 2.21. The predicted molar refractivity (Wildman–Crippen MR) is 134 cm³/mol. The Kier molecular flexibility index (Phi) is 6.79. The van der Waals surface area contributed by atoms with E-state index in [1.54, 1.807) is 67.3 Å². The van der Waals surface area contributed by atoms with Crippen LogP contribution in [0.2, 0.25) is 5.02 Å². The maximum Gasteiger partial charge on any atom is 0.284 e. The van der Waals surface area contributed by atoms with Gasteiger partial charge in [-0.1, -0.05) is 41.9 Å². The van der Waals surface area contributed by atoms with E-state index in [0.717, 1.165) is 4.68 Å². The monoisotopic (exact) mass is 490 g/mol. The Morgan fingerprint density at radius 3 is 2.46 bits per heavy atom. The fourth-order valence-corrected chi connectivity index (χ4v) is 3.77. The fraction of sp³-hybridized carbons (Fsp3) is 0.160. The average molecular weight is 491 g/mol. The Balaban J connectivity index is 1.75. The lowest BCUT2D eigenvalue weighted by Gasteiger charge is -2.18. The van der Waals surface area contributed by atoms with E-state index in [-0.39, 0.29) is 11.5 Å². The third-order valence-electron chi connectivity index (χ3n) is 5.32. The highest BCUT2D eigenvalue weighted by molar-refractivity contribution is 6.30. The zero-order valence-corrected chi connectivity index (χ0v) is 20.1. The molecular weight excluding hydrogens is 468 g/mol. The summed E-state index contributed by atoms with van der Waals surface area (Å²) in [5, 5.41) is 14.8. The molecule has 0 saturated heterocycles. The van der Waals surface area contributed by atoms with Crippen LogP contribution in [0, 0.1) is 0 Å². The molecule has 0 bridgehead atoms. The first-order valence-corrected chi connectivity index (χ1v) is 11.2. The van der Waals surface area contributed by atoms with Gasteiger partial charge in [0.1, 0.15) is 11.3 Å². The lowest BCUT2D eigenvalue weighted by molar-refractivity contribution is -0.114. The Morgan fingerprint density at radius 1 is 1.09 bits per heavy atom. The molecule has 0 aliphatic heterocycles. The highest BCUT2D eigenvalue weighted by Crippen LogP contribution is 2.24. The quantitative estimate of drug-likeness (QED) is 0.428. The molecule has 35 heavy (non-hydrogen) atoms. The molecule has 0 radical (unpaired) electrons. The zero-order chi connectivity index (χ0) is 25.1. The molecule has 2 aromatic heterocycles. The van der Waals surface area contributed by atoms with E-state index in [9.17, 15) is 14.4 Å². The van der Waals surface area contributed by atoms with Gasteiger partial charge in [-0.15, -0.1) is 0 Å². The van der Waals surface area contributed by atoms with E-state index in [4.69, 9.17) is 11.6 Å². The first-order chi connectivity index (χ1) is 16.7. The third kappa shape index (κ3) is 5.30. The number of nitrogens with zero attached hydrogens (tertiary/aromatic N) is 4. The van der Waals surface area contributed by atoms with E-state index in [2.05, 4.69) is 20.8 Å². The standard InChI is InChI=1S/C25H23ClN6O3/c1-15(20-6-4-5-7-22(20)29-16(2)33)28-24(34)21-12-23(17-8-10-18(26)11-9-17)30-32(25(21)35)19-13-27-31(3)14-19/h4-15H,1-3H3,(H,28,34)(H,29,33)/t15-/m0/s1. The lowest BCUT2D eigenvalue weighted by Crippen LogP contribution is -2.35. The van der Waals surface area contributed by atoms with Crippen molar-refractivity contribution < 1.29 is 9.59 Å². The number of anilines is 1. The van der Waals surface area contributed by atoms with Crippen LogP contribution < -0.4 is 16.2 Å². The number of aryl methyl sites for hydroxylation is 1. The molecule has 2 heterocycles. The van der Waals surface area contributed by atoms with Crippen molar-refractivity contribution in [2.24, 2.45) is 7.05 Å². The molecule has 0 saturated carbocycles. The molecule has 9 nitrogen and oxygen atoms in total. The van der Waals surface area contributed by atoms with Crippen LogP contribution in [-0.2, 0) is 11.8 Å². The van der Waals surface area contributed by atoms with Crippen LogP contribution in [-0.4, -0.2) is 31.4 Å². The van der Waals surface area contributed by atoms with Gasteiger partial charge in [0.25, 0.3) is 11.5 Å². The van der Waals surface area contributed by atoms with E-state index in [1.807, 2.05) is 6.07 Å². The minimum atomic E-state index is -0.587. The van der Waals surface area contributed by atoms with E-state index in [1.165, 1.54) is 19.2 Å². The van der Waals surface area contributed by atoms with Crippen LogP contribution in [0.15, 0.2) is 71.8 Å². The van der Waals surface area contributed by atoms with Gasteiger partial charge in [-0.3, -0.25) is 19.1 Å². The number of nitrogens with one attached hydrogen (secondary N) is 2. The molecular formula is C25H23ClN6O3. The van der Waals surface area contributed by atoms with E-state index >= 15 is 0 Å². The van der Waals surface area contributed by atoms with E-state index < -0.39 is 17.5 Å². The molecule has 0 aliphatic carbocycles. The van der Waals surface area contributed by atoms with Gasteiger partial charge in [0.15, 0.2) is 0 Å². The molecule has 4 aromatic rings. The number of halogens is 1. The molecule has 2 aromatic carbocycles. The summed E-state index contributed by atoms with van der Waals surface area (Å²) in [6.07, 6.45) is 3.13. The van der Waals surface area contributed by atoms with Crippen molar-refractivity contribution in [2.75, 3.05) is 5.32 Å². The number of hydrogen-bond acceptors (Lipinski definition) is 5. The van der Waals surface area contributed by atoms with Crippen LogP contribution >= 0.6 is 11.6 Å². The maximum absolute atomic E-state index is 13.3. The number of hydrogen-bond donors (Lipinski definition) is 2. The van der Waals surface area contributed by atoms with Gasteiger partial charge < -0.3 is 10.6 Å². The minimum absolute atomic E-state index is 0.0855. The lowest BCUT2D eigenvalue weighted by atomic mass is 10.0. The largest absolute Gasteiger partial charge is 0.345 e. The Bertz CT molecular complexity index is 1460. The molecule has 0 aliphatic rings. The van der Waals surface area contributed by atoms with Gasteiger partial charge in [-0.2, -0.15) is 14.9 Å². The number of rotatable bonds is 6. The highest BCUT2D eigenvalue weighted by atomic mass is 35.5. The molecule has 178 valence electrons. The smallest absolute Gasteiger partial charge is 0.284 e. The predicted octanol–water partition coefficient (Wildman–Crippen LogP) is 3.74. The Labute approximate surface area is 206 Å². The minimum Gasteiger partial charge on any atom is -0.345 e. The normalized spacial score (nSPS) is 11.7. The second-order valence-electron chi connectivity index (χ2n) is 8.00. The van der Waals surface area contributed by atoms with Crippen molar-refractivity contribution in [3.05, 3.63) is 93.5 Å². The van der Waals surface area contributed by atoms with Gasteiger partial charge in [0.05, 0.1) is 24.1 Å². The summed E-state index contributed by atoms with van der Waals surface area (Å²) in [4.78, 5) is 38.2. The van der Waals surface area contributed by atoms with Gasteiger partial charge in [0, 0.05) is 30.2 Å². The topological polar surface area (TPSA) is 111 Å². The molecule has 2 N–H and O–H groups in total. The molecule has 0 fully saturated rings. The summed E-state index contributed by atoms with van der Waals surface area (Å²) < 4.78 is 2.70. The van der Waals surface area contributed by atoms with Crippen molar-refractivity contribution in [3.8, 4) is 16.9 Å². The third-order valence-corrected chi connectivity index (χ3v) is 5.57. The van der Waals surface area contributed by atoms with Crippen molar-refractivity contribution in [1.29, 1.82) is 0 Å². The van der Waals surface area contributed by atoms with Crippen LogP contribution in [0.4, 0.5) is 5.69 Å². The number of aromatic nitrogens is 4. The average Bonchev–Trinajstić information content (AvgIpc) is 3.25. The fourth-order valence-electron chi connectivity index (χ4n) is 3.64. The molecule has 4 rings (SSSR count). The Morgan fingerprint density at radius 2 is 1.80 bits per heavy atom. The molecule has 1 atom stereocenters. The first-order valence-electron chi connectivity index (χ1n) is 10.8. The van der Waals surface area contributed by atoms with Gasteiger partial charge in [-0.05, 0) is 36.8 Å². The van der Waals surface area contributed by atoms with Crippen LogP contribution in [0.3, 0.4) is 0 Å². The number of para-hydroxylation sites is 1. The number of amides is 2. The summed E-state index contributed by atoms with van der Waals surface area (Å²) in [5.74, 6) is -0.799. The van der Waals surface area contributed by atoms with Crippen molar-refractivity contribution in [3.63, 3.8) is 0 Å². The summed E-state index contributed by atoms with van der Waals surface area (Å²) in [5.41, 5.74) is 2.14. The number of carbonyl (C=O) groups excluding carboxylic acids is 2. The summed E-state index contributed by atoms with van der Waals surface area (Å²) in [6.45, 7) is 3.19. The van der Waals surface area contributed by atoms with E-state index in [0.29, 0.717) is 33.2 Å². The molecule has 2 amide bonds.